The van der Waals surface area contributed by atoms with Crippen molar-refractivity contribution in [3.05, 3.63) is 76.8 Å². The molecule has 3 aliphatic rings. The van der Waals surface area contributed by atoms with Gasteiger partial charge < -0.3 is 24.8 Å². The van der Waals surface area contributed by atoms with Crippen LogP contribution in [0.4, 0.5) is 15.8 Å². The van der Waals surface area contributed by atoms with Gasteiger partial charge in [0.1, 0.15) is 12.2 Å². The fourth-order valence-corrected chi connectivity index (χ4v) is 6.53. The maximum Gasteiger partial charge on any atom is 0.236 e. The minimum Gasteiger partial charge on any atom is -0.453 e. The average molecular weight is 550 g/mol. The van der Waals surface area contributed by atoms with Gasteiger partial charge in [-0.25, -0.2) is 4.39 Å². The van der Waals surface area contributed by atoms with Crippen LogP contribution in [-0.4, -0.2) is 65.4 Å². The lowest BCUT2D eigenvalue weighted by molar-refractivity contribution is -0.125. The summed E-state index contributed by atoms with van der Waals surface area (Å²) in [6.07, 6.45) is 5.65. The number of nitrogens with zero attached hydrogens (tertiary/aromatic N) is 3. The fourth-order valence-electron chi connectivity index (χ4n) is 5.20. The third-order valence-corrected chi connectivity index (χ3v) is 8.61. The first-order chi connectivity index (χ1) is 18.9. The van der Waals surface area contributed by atoms with Crippen molar-refractivity contribution in [2.45, 2.75) is 38.8 Å². The third-order valence-electron chi connectivity index (χ3n) is 7.42. The van der Waals surface area contributed by atoms with Crippen LogP contribution in [-0.2, 0) is 16.0 Å². The summed E-state index contributed by atoms with van der Waals surface area (Å²) in [6, 6.07) is 12.3. The molecule has 0 aliphatic carbocycles. The molecule has 0 aromatic heterocycles. The van der Waals surface area contributed by atoms with Gasteiger partial charge in [0.2, 0.25) is 11.8 Å². The Hall–Kier alpha value is -3.79. The number of benzene rings is 2. The maximum absolute atomic E-state index is 15.0. The normalized spacial score (nSPS) is 19.9. The van der Waals surface area contributed by atoms with Gasteiger partial charge in [0.25, 0.3) is 0 Å². The Labute approximate surface area is 232 Å². The van der Waals surface area contributed by atoms with Crippen LogP contribution in [0.15, 0.2) is 65.4 Å². The summed E-state index contributed by atoms with van der Waals surface area (Å²) in [5.74, 6) is 0.0470. The van der Waals surface area contributed by atoms with Crippen molar-refractivity contribution < 1.29 is 18.7 Å². The molecule has 2 aromatic rings. The summed E-state index contributed by atoms with van der Waals surface area (Å²) in [5, 5.41) is 10.4. The second-order valence-corrected chi connectivity index (χ2v) is 10.9. The minimum absolute atomic E-state index is 0.0578. The molecule has 0 radical (unpaired) electrons. The van der Waals surface area contributed by atoms with Crippen LogP contribution in [0, 0.1) is 11.2 Å². The molecule has 5 rings (SSSR count). The summed E-state index contributed by atoms with van der Waals surface area (Å²) in [6.45, 7) is 6.16. The SMILES string of the molecule is CCN(C=N)[C@H]1CSC2=C(Oc3ccc(NC(=O)CC(=O)N4CCc5ccccc54)cc3F)C=CN(C2)C1C. The molecule has 204 valence electrons. The predicted molar refractivity (Wildman–Crippen MR) is 153 cm³/mol. The van der Waals surface area contributed by atoms with E-state index in [1.165, 1.54) is 18.5 Å². The van der Waals surface area contributed by atoms with E-state index in [0.29, 0.717) is 18.8 Å². The fraction of sp³-hybridized carbons (Fsp3) is 0.345. The van der Waals surface area contributed by atoms with Crippen molar-refractivity contribution in [3.8, 4) is 5.75 Å². The number of carbonyl (C=O) groups is 2. The van der Waals surface area contributed by atoms with E-state index in [0.717, 1.165) is 34.9 Å². The number of rotatable bonds is 8. The highest BCUT2D eigenvalue weighted by atomic mass is 32.2. The van der Waals surface area contributed by atoms with Gasteiger partial charge in [-0.1, -0.05) is 18.2 Å². The molecule has 1 fully saturated rings. The Balaban J connectivity index is 1.21. The van der Waals surface area contributed by atoms with E-state index in [9.17, 15) is 9.59 Å². The first kappa shape index (κ1) is 26.8. The lowest BCUT2D eigenvalue weighted by atomic mass is 10.1. The van der Waals surface area contributed by atoms with Crippen molar-refractivity contribution >= 4 is 41.3 Å². The highest BCUT2D eigenvalue weighted by Gasteiger charge is 2.33. The highest BCUT2D eigenvalue weighted by Crippen LogP contribution is 2.35. The van der Waals surface area contributed by atoms with Crippen LogP contribution in [0.5, 0.6) is 5.75 Å². The van der Waals surface area contributed by atoms with E-state index >= 15 is 4.39 Å². The molecule has 3 aliphatic heterocycles. The van der Waals surface area contributed by atoms with Crippen molar-refractivity contribution in [1.82, 2.24) is 9.80 Å². The van der Waals surface area contributed by atoms with Gasteiger partial charge in [-0.3, -0.25) is 15.0 Å². The maximum atomic E-state index is 15.0. The lowest BCUT2D eigenvalue weighted by Gasteiger charge is -2.37. The molecule has 8 nitrogen and oxygen atoms in total. The van der Waals surface area contributed by atoms with Gasteiger partial charge in [0, 0.05) is 53.4 Å². The smallest absolute Gasteiger partial charge is 0.236 e. The monoisotopic (exact) mass is 549 g/mol. The number of allylic oxidation sites excluding steroid dienone is 1. The lowest BCUT2D eigenvalue weighted by Crippen LogP contribution is -2.48. The van der Waals surface area contributed by atoms with Crippen molar-refractivity contribution in [2.24, 2.45) is 0 Å². The average Bonchev–Trinajstić information content (AvgIpc) is 3.32. The van der Waals surface area contributed by atoms with Crippen LogP contribution in [0.3, 0.4) is 0 Å². The van der Waals surface area contributed by atoms with E-state index < -0.39 is 11.7 Å². The number of amides is 2. The number of halogens is 1. The standard InChI is InChI=1S/C29H32FN5O3S/c1-3-33(18-31)24-17-39-27-16-34(19(24)2)12-11-26(27)38-25-9-8-21(14-22(25)30)32-28(36)15-29(37)35-13-10-20-6-4-5-7-23(20)35/h4-9,11-12,14,18-19,24,31H,3,10,13,15-17H2,1-2H3,(H,32,36)/t19?,24-/m0/s1. The van der Waals surface area contributed by atoms with Crippen LogP contribution in [0.1, 0.15) is 25.8 Å². The molecule has 0 saturated carbocycles. The molecule has 10 heteroatoms. The summed E-state index contributed by atoms with van der Waals surface area (Å²) in [4.78, 5) is 32.1. The van der Waals surface area contributed by atoms with E-state index in [2.05, 4.69) is 17.1 Å². The van der Waals surface area contributed by atoms with Crippen LogP contribution in [0.2, 0.25) is 0 Å². The number of hydrogen-bond acceptors (Lipinski definition) is 6. The number of para-hydroxylation sites is 1. The number of thioether (sulfide) groups is 1. The van der Waals surface area contributed by atoms with Gasteiger partial charge in [-0.2, -0.15) is 0 Å². The largest absolute Gasteiger partial charge is 0.453 e. The number of anilines is 2. The van der Waals surface area contributed by atoms with E-state index in [4.69, 9.17) is 10.1 Å². The molecule has 2 bridgehead atoms. The Morgan fingerprint density at radius 1 is 1.28 bits per heavy atom. The van der Waals surface area contributed by atoms with E-state index in [-0.39, 0.29) is 35.8 Å². The molecule has 2 amide bonds. The second-order valence-electron chi connectivity index (χ2n) is 9.75. The first-order valence-electron chi connectivity index (χ1n) is 13.1. The van der Waals surface area contributed by atoms with Gasteiger partial charge in [0.15, 0.2) is 11.6 Å². The summed E-state index contributed by atoms with van der Waals surface area (Å²) >= 11 is 1.67. The molecule has 2 N–H and O–H groups in total. The van der Waals surface area contributed by atoms with Crippen molar-refractivity contribution in [1.29, 1.82) is 5.41 Å². The number of carbonyl (C=O) groups excluding carboxylic acids is 2. The topological polar surface area (TPSA) is 89.0 Å². The minimum atomic E-state index is -0.609. The third kappa shape index (κ3) is 5.66. The van der Waals surface area contributed by atoms with E-state index in [1.807, 2.05) is 48.4 Å². The Kier molecular flexibility index (Phi) is 7.92. The molecule has 1 saturated heterocycles. The van der Waals surface area contributed by atoms with Gasteiger partial charge in [-0.05, 0) is 50.1 Å². The zero-order valence-electron chi connectivity index (χ0n) is 22.0. The highest BCUT2D eigenvalue weighted by molar-refractivity contribution is 8.03. The van der Waals surface area contributed by atoms with Crippen LogP contribution >= 0.6 is 11.8 Å². The Bertz CT molecular complexity index is 1350. The van der Waals surface area contributed by atoms with Crippen molar-refractivity contribution in [3.63, 3.8) is 0 Å². The molecule has 2 atom stereocenters. The van der Waals surface area contributed by atoms with Crippen molar-refractivity contribution in [2.75, 3.05) is 35.6 Å². The second kappa shape index (κ2) is 11.5. The number of hydrogen-bond donors (Lipinski definition) is 2. The summed E-state index contributed by atoms with van der Waals surface area (Å²) in [7, 11) is 0. The van der Waals surface area contributed by atoms with Crippen LogP contribution < -0.4 is 15.0 Å². The van der Waals surface area contributed by atoms with Gasteiger partial charge in [0.05, 0.1) is 18.9 Å². The zero-order chi connectivity index (χ0) is 27.5. The Morgan fingerprint density at radius 2 is 2.10 bits per heavy atom. The Morgan fingerprint density at radius 3 is 2.87 bits per heavy atom. The number of ether oxygens (including phenoxy) is 1. The molecule has 0 spiro atoms. The molecular formula is C29H32FN5O3S. The number of likely N-dealkylation sites (N-methyl/N-ethyl adjacent to an activating group) is 1. The molecule has 2 aromatic carbocycles. The molecule has 3 heterocycles. The summed E-state index contributed by atoms with van der Waals surface area (Å²) < 4.78 is 21.0. The molecule has 39 heavy (non-hydrogen) atoms. The first-order valence-corrected chi connectivity index (χ1v) is 14.1. The van der Waals surface area contributed by atoms with Gasteiger partial charge >= 0.3 is 0 Å². The summed E-state index contributed by atoms with van der Waals surface area (Å²) in [5.41, 5.74) is 2.19. The van der Waals surface area contributed by atoms with E-state index in [1.54, 1.807) is 22.7 Å². The predicted octanol–water partition coefficient (Wildman–Crippen LogP) is 4.60. The quantitative estimate of drug-likeness (QED) is 0.284. The molecule has 1 unspecified atom stereocenters. The van der Waals surface area contributed by atoms with Gasteiger partial charge in [-0.15, -0.1) is 11.8 Å². The number of fused-ring (bicyclic) bond motifs is 3. The zero-order valence-corrected chi connectivity index (χ0v) is 22.8. The van der Waals surface area contributed by atoms with Crippen LogP contribution in [0.25, 0.3) is 0 Å². The number of nitrogens with one attached hydrogen (secondary N) is 2. The molecular weight excluding hydrogens is 517 g/mol.